The lowest BCUT2D eigenvalue weighted by Crippen LogP contribution is -2.58. The SMILES string of the molecule is CC(C)CN(Cc1cccs1)C1CCN(C(=O)c2cccnc2)[C@@H](C(=O)NCC2CCC(CN)CC2)C1. The molecule has 2 atom stereocenters. The van der Waals surface area contributed by atoms with Crippen molar-refractivity contribution in [2.75, 3.05) is 26.2 Å². The predicted octanol–water partition coefficient (Wildman–Crippen LogP) is 4.16. The molecule has 0 bridgehead atoms. The molecule has 2 amide bonds. The van der Waals surface area contributed by atoms with Crippen molar-refractivity contribution < 1.29 is 9.59 Å². The fourth-order valence-corrected chi connectivity index (χ4v) is 6.60. The van der Waals surface area contributed by atoms with E-state index in [1.165, 1.54) is 4.88 Å². The molecular weight excluding hydrogens is 482 g/mol. The Bertz CT molecular complexity index is 975. The van der Waals surface area contributed by atoms with Crippen molar-refractivity contribution in [2.45, 2.75) is 71.0 Å². The van der Waals surface area contributed by atoms with E-state index >= 15 is 0 Å². The van der Waals surface area contributed by atoms with Gasteiger partial charge in [0.15, 0.2) is 0 Å². The molecule has 0 aromatic carbocycles. The average Bonchev–Trinajstić information content (AvgIpc) is 3.44. The summed E-state index contributed by atoms with van der Waals surface area (Å²) in [6.45, 7) is 8.34. The maximum absolute atomic E-state index is 13.7. The van der Waals surface area contributed by atoms with Gasteiger partial charge in [-0.05, 0) is 86.4 Å². The Morgan fingerprint density at radius 2 is 1.95 bits per heavy atom. The number of hydrogen-bond acceptors (Lipinski definition) is 6. The van der Waals surface area contributed by atoms with Crippen LogP contribution in [0, 0.1) is 17.8 Å². The third-order valence-electron chi connectivity index (χ3n) is 7.97. The van der Waals surface area contributed by atoms with Crippen molar-refractivity contribution in [1.29, 1.82) is 0 Å². The van der Waals surface area contributed by atoms with Crippen LogP contribution in [0.2, 0.25) is 0 Å². The van der Waals surface area contributed by atoms with E-state index in [0.717, 1.165) is 51.7 Å². The summed E-state index contributed by atoms with van der Waals surface area (Å²) in [6, 6.07) is 7.61. The van der Waals surface area contributed by atoms with Gasteiger partial charge in [0.1, 0.15) is 6.04 Å². The maximum Gasteiger partial charge on any atom is 0.256 e. The summed E-state index contributed by atoms with van der Waals surface area (Å²) in [4.78, 5) is 36.9. The molecule has 2 aromatic heterocycles. The molecule has 4 rings (SSSR count). The molecule has 37 heavy (non-hydrogen) atoms. The van der Waals surface area contributed by atoms with Crippen molar-refractivity contribution >= 4 is 23.2 Å². The molecule has 8 heteroatoms. The van der Waals surface area contributed by atoms with Gasteiger partial charge in [0.05, 0.1) is 5.56 Å². The van der Waals surface area contributed by atoms with Gasteiger partial charge in [0.2, 0.25) is 5.91 Å². The van der Waals surface area contributed by atoms with E-state index in [9.17, 15) is 9.59 Å². The fourth-order valence-electron chi connectivity index (χ4n) is 5.87. The van der Waals surface area contributed by atoms with Crippen LogP contribution < -0.4 is 11.1 Å². The lowest BCUT2D eigenvalue weighted by atomic mass is 9.82. The highest BCUT2D eigenvalue weighted by molar-refractivity contribution is 7.09. The van der Waals surface area contributed by atoms with Gasteiger partial charge in [-0.25, -0.2) is 0 Å². The lowest BCUT2D eigenvalue weighted by Gasteiger charge is -2.43. The van der Waals surface area contributed by atoms with Crippen molar-refractivity contribution in [3.8, 4) is 0 Å². The van der Waals surface area contributed by atoms with Gasteiger partial charge in [-0.3, -0.25) is 19.5 Å². The number of carbonyl (C=O) groups is 2. The van der Waals surface area contributed by atoms with Gasteiger partial charge in [-0.15, -0.1) is 11.3 Å². The normalized spacial score (nSPS) is 24.4. The topological polar surface area (TPSA) is 91.6 Å². The Morgan fingerprint density at radius 1 is 1.16 bits per heavy atom. The molecular formula is C29H43N5O2S. The number of amides is 2. The van der Waals surface area contributed by atoms with Crippen LogP contribution in [-0.4, -0.2) is 64.9 Å². The summed E-state index contributed by atoms with van der Waals surface area (Å²) < 4.78 is 0. The molecule has 1 unspecified atom stereocenters. The van der Waals surface area contributed by atoms with E-state index in [-0.39, 0.29) is 17.9 Å². The van der Waals surface area contributed by atoms with E-state index < -0.39 is 6.04 Å². The zero-order valence-corrected chi connectivity index (χ0v) is 23.2. The number of nitrogens with one attached hydrogen (secondary N) is 1. The molecule has 2 aromatic rings. The van der Waals surface area contributed by atoms with Gasteiger partial charge in [0.25, 0.3) is 5.91 Å². The first-order valence-corrected chi connectivity index (χ1v) is 14.8. The molecule has 7 nitrogen and oxygen atoms in total. The number of carbonyl (C=O) groups excluding carboxylic acids is 2. The summed E-state index contributed by atoms with van der Waals surface area (Å²) in [6.07, 6.45) is 9.27. The molecule has 1 aliphatic heterocycles. The van der Waals surface area contributed by atoms with Crippen LogP contribution in [0.5, 0.6) is 0 Å². The van der Waals surface area contributed by atoms with E-state index in [1.807, 2.05) is 0 Å². The Balaban J connectivity index is 1.47. The van der Waals surface area contributed by atoms with Gasteiger partial charge >= 0.3 is 0 Å². The molecule has 1 aliphatic carbocycles. The van der Waals surface area contributed by atoms with Crippen LogP contribution in [-0.2, 0) is 11.3 Å². The molecule has 1 saturated carbocycles. The average molecular weight is 526 g/mol. The number of thiophene rings is 1. The highest BCUT2D eigenvalue weighted by Crippen LogP contribution is 2.29. The number of aromatic nitrogens is 1. The second-order valence-corrected chi connectivity index (χ2v) is 12.2. The Hall–Kier alpha value is -2.29. The zero-order valence-electron chi connectivity index (χ0n) is 22.4. The summed E-state index contributed by atoms with van der Waals surface area (Å²) in [5.74, 6) is 1.50. The van der Waals surface area contributed by atoms with Gasteiger partial charge in [0, 0.05) is 49.5 Å². The maximum atomic E-state index is 13.7. The first-order chi connectivity index (χ1) is 17.9. The number of hydrogen-bond donors (Lipinski definition) is 2. The molecule has 2 aliphatic rings. The van der Waals surface area contributed by atoms with Crippen molar-refractivity contribution in [1.82, 2.24) is 20.1 Å². The van der Waals surface area contributed by atoms with E-state index in [4.69, 9.17) is 5.73 Å². The molecule has 202 valence electrons. The highest BCUT2D eigenvalue weighted by Gasteiger charge is 2.39. The monoisotopic (exact) mass is 525 g/mol. The molecule has 2 fully saturated rings. The van der Waals surface area contributed by atoms with Crippen molar-refractivity contribution in [3.05, 3.63) is 52.5 Å². The van der Waals surface area contributed by atoms with Crippen molar-refractivity contribution in [3.63, 3.8) is 0 Å². The van der Waals surface area contributed by atoms with Gasteiger partial charge < -0.3 is 16.0 Å². The largest absolute Gasteiger partial charge is 0.354 e. The van der Waals surface area contributed by atoms with Gasteiger partial charge in [-0.1, -0.05) is 19.9 Å². The number of pyridine rings is 1. The minimum Gasteiger partial charge on any atom is -0.354 e. The Morgan fingerprint density at radius 3 is 2.59 bits per heavy atom. The number of nitrogens with zero attached hydrogens (tertiary/aromatic N) is 3. The number of rotatable bonds is 10. The van der Waals surface area contributed by atoms with Crippen LogP contribution in [0.3, 0.4) is 0 Å². The number of nitrogens with two attached hydrogens (primary N) is 1. The van der Waals surface area contributed by atoms with Crippen LogP contribution in [0.15, 0.2) is 42.0 Å². The third kappa shape index (κ3) is 7.62. The van der Waals surface area contributed by atoms with Crippen LogP contribution in [0.4, 0.5) is 0 Å². The second kappa shape index (κ2) is 13.5. The predicted molar refractivity (Wildman–Crippen MR) is 149 cm³/mol. The minimum absolute atomic E-state index is 0.0245. The quantitative estimate of drug-likeness (QED) is 0.486. The van der Waals surface area contributed by atoms with E-state index in [1.54, 1.807) is 40.8 Å². The molecule has 0 spiro atoms. The van der Waals surface area contributed by atoms with E-state index in [0.29, 0.717) is 42.8 Å². The minimum atomic E-state index is -0.482. The summed E-state index contributed by atoms with van der Waals surface area (Å²) in [7, 11) is 0. The molecule has 0 radical (unpaired) electrons. The van der Waals surface area contributed by atoms with Crippen LogP contribution in [0.1, 0.15) is 67.6 Å². The lowest BCUT2D eigenvalue weighted by molar-refractivity contribution is -0.128. The Labute approximate surface area is 225 Å². The molecule has 1 saturated heterocycles. The van der Waals surface area contributed by atoms with Crippen molar-refractivity contribution in [2.24, 2.45) is 23.5 Å². The smallest absolute Gasteiger partial charge is 0.256 e. The fraction of sp³-hybridized carbons (Fsp3) is 0.621. The summed E-state index contributed by atoms with van der Waals surface area (Å²) in [5.41, 5.74) is 6.39. The molecule has 3 heterocycles. The third-order valence-corrected chi connectivity index (χ3v) is 8.83. The van der Waals surface area contributed by atoms with Crippen LogP contribution in [0.25, 0.3) is 0 Å². The Kier molecular flexibility index (Phi) is 10.1. The van der Waals surface area contributed by atoms with E-state index in [2.05, 4.69) is 46.6 Å². The zero-order chi connectivity index (χ0) is 26.2. The van der Waals surface area contributed by atoms with Gasteiger partial charge in [-0.2, -0.15) is 0 Å². The second-order valence-electron chi connectivity index (χ2n) is 11.2. The standard InChI is InChI=1S/C29H43N5O2S/c1-21(2)19-33(20-26-6-4-14-37-26)25-11-13-34(29(36)24-5-3-12-31-18-24)27(15-25)28(35)32-17-23-9-7-22(16-30)8-10-23/h3-6,12,14,18,21-23,25,27H,7-11,13,15-17,19-20,30H2,1-2H3,(H,32,35)/t22?,23?,25?,27-/m1/s1. The first kappa shape index (κ1) is 27.7. The number of piperidine rings is 1. The highest BCUT2D eigenvalue weighted by atomic mass is 32.1. The number of likely N-dealkylation sites (tertiary alicyclic amines) is 1. The van der Waals surface area contributed by atoms with Crippen LogP contribution >= 0.6 is 11.3 Å². The summed E-state index contributed by atoms with van der Waals surface area (Å²) >= 11 is 1.78. The first-order valence-electron chi connectivity index (χ1n) is 13.9. The molecule has 3 N–H and O–H groups in total. The summed E-state index contributed by atoms with van der Waals surface area (Å²) in [5, 5.41) is 5.36.